The molecule has 0 aromatic rings. The van der Waals surface area contributed by atoms with Gasteiger partial charge in [-0.15, -0.1) is 0 Å². The van der Waals surface area contributed by atoms with Crippen molar-refractivity contribution < 1.29 is 4.74 Å². The summed E-state index contributed by atoms with van der Waals surface area (Å²) < 4.78 is 5.37. The molecule has 0 aromatic heterocycles. The van der Waals surface area contributed by atoms with Crippen molar-refractivity contribution in [1.82, 2.24) is 5.32 Å². The van der Waals surface area contributed by atoms with E-state index in [4.69, 9.17) is 10.5 Å². The van der Waals surface area contributed by atoms with Gasteiger partial charge >= 0.3 is 0 Å². The molecule has 3 nitrogen and oxygen atoms in total. The van der Waals surface area contributed by atoms with Gasteiger partial charge in [-0.3, -0.25) is 0 Å². The molecular weight excluding hydrogens is 176 g/mol. The van der Waals surface area contributed by atoms with E-state index in [2.05, 4.69) is 5.32 Å². The lowest BCUT2D eigenvalue weighted by atomic mass is 9.98. The summed E-state index contributed by atoms with van der Waals surface area (Å²) in [5.41, 5.74) is 11.1. The number of hydrogen-bond donors (Lipinski definition) is 2. The van der Waals surface area contributed by atoms with Crippen molar-refractivity contribution in [2.45, 2.75) is 12.5 Å². The minimum Gasteiger partial charge on any atom is -0.497 e. The zero-order valence-corrected chi connectivity index (χ0v) is 7.79. The van der Waals surface area contributed by atoms with E-state index in [-0.39, 0.29) is 6.04 Å². The molecule has 0 unspecified atom stereocenters. The highest BCUT2D eigenvalue weighted by Gasteiger charge is 2.30. The van der Waals surface area contributed by atoms with E-state index in [1.54, 1.807) is 6.26 Å². The van der Waals surface area contributed by atoms with Crippen LogP contribution in [0.15, 0.2) is 47.0 Å². The molecule has 0 fully saturated rings. The van der Waals surface area contributed by atoms with Gasteiger partial charge in [-0.05, 0) is 29.2 Å². The first-order valence-corrected chi connectivity index (χ1v) is 4.79. The number of nitrogens with one attached hydrogen (secondary N) is 1. The molecule has 3 heteroatoms. The minimum absolute atomic E-state index is 0.124. The van der Waals surface area contributed by atoms with Crippen LogP contribution >= 0.6 is 0 Å². The fourth-order valence-electron chi connectivity index (χ4n) is 2.23. The predicted molar refractivity (Wildman–Crippen MR) is 54.0 cm³/mol. The fourth-order valence-corrected chi connectivity index (χ4v) is 2.23. The average molecular weight is 188 g/mol. The molecule has 0 bridgehead atoms. The summed E-state index contributed by atoms with van der Waals surface area (Å²) in [6.07, 6.45) is 8.67. The van der Waals surface area contributed by atoms with Gasteiger partial charge < -0.3 is 15.8 Å². The molecule has 3 N–H and O–H groups in total. The van der Waals surface area contributed by atoms with Gasteiger partial charge in [-0.2, -0.15) is 0 Å². The maximum Gasteiger partial charge on any atom is 0.111 e. The van der Waals surface area contributed by atoms with Gasteiger partial charge in [0.25, 0.3) is 0 Å². The Morgan fingerprint density at radius 2 is 2.36 bits per heavy atom. The van der Waals surface area contributed by atoms with Crippen molar-refractivity contribution in [3.63, 3.8) is 0 Å². The second-order valence-electron chi connectivity index (χ2n) is 3.76. The summed E-state index contributed by atoms with van der Waals surface area (Å²) >= 11 is 0. The summed E-state index contributed by atoms with van der Waals surface area (Å²) in [6, 6.07) is 0.124. The van der Waals surface area contributed by atoms with Crippen LogP contribution in [-0.2, 0) is 4.74 Å². The fraction of sp³-hybridized carbons (Fsp3) is 0.273. The third-order valence-electron chi connectivity index (χ3n) is 2.90. The van der Waals surface area contributed by atoms with E-state index in [0.717, 1.165) is 6.42 Å². The summed E-state index contributed by atoms with van der Waals surface area (Å²) in [4.78, 5) is 0. The van der Waals surface area contributed by atoms with Crippen LogP contribution in [0.1, 0.15) is 6.42 Å². The molecule has 0 spiro atoms. The molecule has 3 aliphatic rings. The SMILES string of the molecule is N[C@H]1CC2=CNC=C3C=COCC1=C32. The normalized spacial score (nSPS) is 28.5. The first-order chi connectivity index (χ1) is 6.86. The first kappa shape index (κ1) is 7.88. The molecule has 0 saturated carbocycles. The van der Waals surface area contributed by atoms with Crippen molar-refractivity contribution in [3.05, 3.63) is 47.0 Å². The highest BCUT2D eigenvalue weighted by molar-refractivity contribution is 5.61. The van der Waals surface area contributed by atoms with Crippen molar-refractivity contribution in [3.8, 4) is 0 Å². The van der Waals surface area contributed by atoms with Gasteiger partial charge in [0.1, 0.15) is 6.61 Å². The van der Waals surface area contributed by atoms with Crippen LogP contribution in [0.5, 0.6) is 0 Å². The van der Waals surface area contributed by atoms with Crippen molar-refractivity contribution >= 4 is 0 Å². The second kappa shape index (κ2) is 2.75. The Hall–Kier alpha value is -1.48. The summed E-state index contributed by atoms with van der Waals surface area (Å²) in [5, 5.41) is 3.14. The van der Waals surface area contributed by atoms with Crippen molar-refractivity contribution in [2.75, 3.05) is 6.61 Å². The lowest BCUT2D eigenvalue weighted by Crippen LogP contribution is -2.21. The maximum absolute atomic E-state index is 6.05. The summed E-state index contributed by atoms with van der Waals surface area (Å²) in [7, 11) is 0. The number of rotatable bonds is 0. The molecule has 0 saturated heterocycles. The molecule has 2 aliphatic heterocycles. The van der Waals surface area contributed by atoms with Crippen molar-refractivity contribution in [1.29, 1.82) is 0 Å². The third kappa shape index (κ3) is 0.960. The Morgan fingerprint density at radius 1 is 1.43 bits per heavy atom. The minimum atomic E-state index is 0.124. The predicted octanol–water partition coefficient (Wildman–Crippen LogP) is 0.929. The molecule has 72 valence electrons. The number of ether oxygens (including phenoxy) is 1. The average Bonchev–Trinajstić information content (AvgIpc) is 2.39. The van der Waals surface area contributed by atoms with Gasteiger partial charge in [0.05, 0.1) is 6.26 Å². The highest BCUT2D eigenvalue weighted by Crippen LogP contribution is 2.38. The van der Waals surface area contributed by atoms with Crippen LogP contribution in [0.25, 0.3) is 0 Å². The number of hydrogen-bond acceptors (Lipinski definition) is 3. The van der Waals surface area contributed by atoms with E-state index >= 15 is 0 Å². The zero-order valence-electron chi connectivity index (χ0n) is 7.79. The molecule has 2 heterocycles. The number of allylic oxidation sites excluding steroid dienone is 3. The molecule has 14 heavy (non-hydrogen) atoms. The van der Waals surface area contributed by atoms with Gasteiger partial charge in [0, 0.05) is 24.0 Å². The van der Waals surface area contributed by atoms with E-state index in [1.165, 1.54) is 22.3 Å². The van der Waals surface area contributed by atoms with E-state index in [0.29, 0.717) is 6.61 Å². The van der Waals surface area contributed by atoms with Gasteiger partial charge in [-0.1, -0.05) is 0 Å². The monoisotopic (exact) mass is 188 g/mol. The van der Waals surface area contributed by atoms with E-state index < -0.39 is 0 Å². The van der Waals surface area contributed by atoms with Crippen LogP contribution < -0.4 is 11.1 Å². The molecule has 0 amide bonds. The van der Waals surface area contributed by atoms with Crippen LogP contribution in [-0.4, -0.2) is 12.6 Å². The van der Waals surface area contributed by atoms with Crippen LogP contribution in [0.3, 0.4) is 0 Å². The lowest BCUT2D eigenvalue weighted by molar-refractivity contribution is 0.276. The van der Waals surface area contributed by atoms with Gasteiger partial charge in [-0.25, -0.2) is 0 Å². The Kier molecular flexibility index (Phi) is 1.55. The van der Waals surface area contributed by atoms with Crippen LogP contribution in [0.2, 0.25) is 0 Å². The summed E-state index contributed by atoms with van der Waals surface area (Å²) in [5.74, 6) is 0. The Bertz CT molecular complexity index is 402. The van der Waals surface area contributed by atoms with E-state index in [9.17, 15) is 0 Å². The smallest absolute Gasteiger partial charge is 0.111 e. The Morgan fingerprint density at radius 3 is 3.29 bits per heavy atom. The molecule has 3 rings (SSSR count). The molecule has 1 atom stereocenters. The Labute approximate surface area is 82.6 Å². The topological polar surface area (TPSA) is 47.3 Å². The molecule has 0 radical (unpaired) electrons. The molecular formula is C11H12N2O. The van der Waals surface area contributed by atoms with E-state index in [1.807, 2.05) is 18.5 Å². The zero-order chi connectivity index (χ0) is 9.54. The van der Waals surface area contributed by atoms with Gasteiger partial charge in [0.2, 0.25) is 0 Å². The molecule has 1 aliphatic carbocycles. The molecule has 0 aromatic carbocycles. The van der Waals surface area contributed by atoms with Crippen LogP contribution in [0, 0.1) is 0 Å². The largest absolute Gasteiger partial charge is 0.497 e. The Balaban J connectivity index is 2.17. The number of dihydropyridines is 1. The lowest BCUT2D eigenvalue weighted by Gasteiger charge is -2.12. The first-order valence-electron chi connectivity index (χ1n) is 4.79. The number of nitrogens with two attached hydrogens (primary N) is 1. The standard InChI is InChI=1S/C11H12N2O/c12-10-3-8-5-13-4-7-1-2-14-6-9(10)11(7)8/h1-2,4-5,10,13H,3,6,12H2/t10-/m0/s1. The van der Waals surface area contributed by atoms with Gasteiger partial charge in [0.15, 0.2) is 0 Å². The van der Waals surface area contributed by atoms with Crippen LogP contribution in [0.4, 0.5) is 0 Å². The third-order valence-corrected chi connectivity index (χ3v) is 2.90. The second-order valence-corrected chi connectivity index (χ2v) is 3.76. The quantitative estimate of drug-likeness (QED) is 0.594. The highest BCUT2D eigenvalue weighted by atomic mass is 16.5. The van der Waals surface area contributed by atoms with Crippen molar-refractivity contribution in [2.24, 2.45) is 5.73 Å². The summed E-state index contributed by atoms with van der Waals surface area (Å²) in [6.45, 7) is 0.627. The maximum atomic E-state index is 6.05.